The average Bonchev–Trinajstić information content (AvgIpc) is 2.72. The van der Waals surface area contributed by atoms with Crippen LogP contribution < -0.4 is 10.8 Å². The Labute approximate surface area is 138 Å². The van der Waals surface area contributed by atoms with Crippen molar-refractivity contribution in [3.63, 3.8) is 0 Å². The van der Waals surface area contributed by atoms with Crippen molar-refractivity contribution in [2.24, 2.45) is 5.41 Å². The van der Waals surface area contributed by atoms with Gasteiger partial charge in [-0.05, 0) is 46.3 Å². The van der Waals surface area contributed by atoms with Crippen LogP contribution in [0.15, 0.2) is 16.7 Å². The standard InChI is InChI=1S/C15H21BrN4O2/c1-9-5-10(16)8-20-13(9)18-11(6-15(2,3)4)14(20)17-7-12(21)19-22/h5,8,17,22H,6-7H2,1-4H3,(H,19,21). The molecule has 120 valence electrons. The summed E-state index contributed by atoms with van der Waals surface area (Å²) < 4.78 is 2.87. The number of halogens is 1. The monoisotopic (exact) mass is 368 g/mol. The Balaban J connectivity index is 2.51. The highest BCUT2D eigenvalue weighted by Crippen LogP contribution is 2.29. The van der Waals surface area contributed by atoms with Gasteiger partial charge in [-0.15, -0.1) is 0 Å². The van der Waals surface area contributed by atoms with E-state index in [1.807, 2.05) is 23.6 Å². The van der Waals surface area contributed by atoms with E-state index in [1.165, 1.54) is 0 Å². The number of aromatic nitrogens is 2. The van der Waals surface area contributed by atoms with Crippen LogP contribution in [0.3, 0.4) is 0 Å². The third kappa shape index (κ3) is 3.78. The molecule has 0 unspecified atom stereocenters. The molecule has 2 heterocycles. The van der Waals surface area contributed by atoms with E-state index < -0.39 is 5.91 Å². The lowest BCUT2D eigenvalue weighted by Crippen LogP contribution is -2.27. The molecule has 0 radical (unpaired) electrons. The second-order valence-corrected chi connectivity index (χ2v) is 7.48. The molecule has 3 N–H and O–H groups in total. The van der Waals surface area contributed by atoms with Crippen LogP contribution in [0.5, 0.6) is 0 Å². The molecule has 0 aliphatic heterocycles. The minimum absolute atomic E-state index is 0.0208. The molecule has 22 heavy (non-hydrogen) atoms. The first-order valence-electron chi connectivity index (χ1n) is 7.05. The van der Waals surface area contributed by atoms with E-state index in [2.05, 4.69) is 42.0 Å². The van der Waals surface area contributed by atoms with Gasteiger partial charge in [-0.2, -0.15) is 0 Å². The maximum Gasteiger partial charge on any atom is 0.262 e. The van der Waals surface area contributed by atoms with Gasteiger partial charge >= 0.3 is 0 Å². The Kier molecular flexibility index (Phi) is 4.77. The number of amides is 1. The molecule has 6 nitrogen and oxygen atoms in total. The van der Waals surface area contributed by atoms with Crippen LogP contribution in [0.2, 0.25) is 0 Å². The predicted octanol–water partition coefficient (Wildman–Crippen LogP) is 2.91. The minimum atomic E-state index is -0.497. The maximum absolute atomic E-state index is 11.3. The number of nitrogens with zero attached hydrogens (tertiary/aromatic N) is 2. The van der Waals surface area contributed by atoms with Gasteiger partial charge in [0.15, 0.2) is 0 Å². The maximum atomic E-state index is 11.3. The Morgan fingerprint density at radius 2 is 2.14 bits per heavy atom. The zero-order chi connectivity index (χ0) is 16.5. The molecular formula is C15H21BrN4O2. The summed E-state index contributed by atoms with van der Waals surface area (Å²) in [4.78, 5) is 16.0. The highest BCUT2D eigenvalue weighted by molar-refractivity contribution is 9.10. The first-order chi connectivity index (χ1) is 10.2. The van der Waals surface area contributed by atoms with Crippen molar-refractivity contribution in [3.05, 3.63) is 28.0 Å². The van der Waals surface area contributed by atoms with Gasteiger partial charge in [0, 0.05) is 10.7 Å². The fourth-order valence-corrected chi connectivity index (χ4v) is 2.88. The summed E-state index contributed by atoms with van der Waals surface area (Å²) in [6.07, 6.45) is 2.69. The number of hydrogen-bond donors (Lipinski definition) is 3. The number of nitrogens with one attached hydrogen (secondary N) is 2. The largest absolute Gasteiger partial charge is 0.360 e. The molecule has 0 aromatic carbocycles. The van der Waals surface area contributed by atoms with Crippen LogP contribution >= 0.6 is 15.9 Å². The summed E-state index contributed by atoms with van der Waals surface area (Å²) in [6.45, 7) is 8.41. The molecule has 0 spiro atoms. The van der Waals surface area contributed by atoms with Crippen LogP contribution in [0, 0.1) is 12.3 Å². The van der Waals surface area contributed by atoms with Crippen LogP contribution in [-0.4, -0.2) is 27.0 Å². The molecule has 7 heteroatoms. The van der Waals surface area contributed by atoms with Crippen molar-refractivity contribution in [1.82, 2.24) is 14.9 Å². The number of imidazole rings is 1. The lowest BCUT2D eigenvalue weighted by atomic mass is 9.90. The second-order valence-electron chi connectivity index (χ2n) is 6.57. The predicted molar refractivity (Wildman–Crippen MR) is 89.2 cm³/mol. The molecule has 0 saturated heterocycles. The molecule has 2 aromatic heterocycles. The number of aryl methyl sites for hydroxylation is 1. The van der Waals surface area contributed by atoms with Crippen molar-refractivity contribution in [2.75, 3.05) is 11.9 Å². The second kappa shape index (κ2) is 6.26. The highest BCUT2D eigenvalue weighted by atomic mass is 79.9. The number of hydroxylamine groups is 1. The fraction of sp³-hybridized carbons (Fsp3) is 0.467. The number of carbonyl (C=O) groups is 1. The highest BCUT2D eigenvalue weighted by Gasteiger charge is 2.20. The van der Waals surface area contributed by atoms with E-state index in [9.17, 15) is 4.79 Å². The van der Waals surface area contributed by atoms with Crippen molar-refractivity contribution < 1.29 is 10.0 Å². The quantitative estimate of drug-likeness (QED) is 0.572. The smallest absolute Gasteiger partial charge is 0.262 e. The summed E-state index contributed by atoms with van der Waals surface area (Å²) >= 11 is 3.49. The Morgan fingerprint density at radius 1 is 1.45 bits per heavy atom. The zero-order valence-corrected chi connectivity index (χ0v) is 14.8. The summed E-state index contributed by atoms with van der Waals surface area (Å²) in [5.74, 6) is 0.279. The Hall–Kier alpha value is -1.60. The minimum Gasteiger partial charge on any atom is -0.360 e. The lowest BCUT2D eigenvalue weighted by Gasteiger charge is -2.17. The summed E-state index contributed by atoms with van der Waals surface area (Å²) in [5, 5.41) is 11.7. The molecule has 2 aromatic rings. The molecule has 0 fully saturated rings. The van der Waals surface area contributed by atoms with Crippen LogP contribution in [0.1, 0.15) is 32.0 Å². The normalized spacial score (nSPS) is 11.7. The van der Waals surface area contributed by atoms with E-state index in [1.54, 1.807) is 5.48 Å². The molecule has 0 saturated carbocycles. The number of fused-ring (bicyclic) bond motifs is 1. The average molecular weight is 369 g/mol. The van der Waals surface area contributed by atoms with Gasteiger partial charge in [0.25, 0.3) is 5.91 Å². The molecule has 0 bridgehead atoms. The number of pyridine rings is 1. The summed E-state index contributed by atoms with van der Waals surface area (Å²) in [7, 11) is 0. The van der Waals surface area contributed by atoms with Gasteiger partial charge in [0.1, 0.15) is 11.5 Å². The molecule has 0 atom stereocenters. The van der Waals surface area contributed by atoms with Crippen LogP contribution in [0.4, 0.5) is 5.82 Å². The molecule has 1 amide bonds. The van der Waals surface area contributed by atoms with Gasteiger partial charge in [-0.25, -0.2) is 10.5 Å². The zero-order valence-electron chi connectivity index (χ0n) is 13.2. The third-order valence-electron chi connectivity index (χ3n) is 3.18. The van der Waals surface area contributed by atoms with E-state index in [-0.39, 0.29) is 12.0 Å². The molecule has 0 aliphatic rings. The number of carbonyl (C=O) groups excluding carboxylic acids is 1. The molecular weight excluding hydrogens is 348 g/mol. The van der Waals surface area contributed by atoms with Crippen LogP contribution in [0.25, 0.3) is 5.65 Å². The first-order valence-corrected chi connectivity index (χ1v) is 7.84. The Bertz CT molecular complexity index is 704. The third-order valence-corrected chi connectivity index (χ3v) is 3.62. The van der Waals surface area contributed by atoms with Gasteiger partial charge in [0.2, 0.25) is 0 Å². The van der Waals surface area contributed by atoms with Crippen molar-refractivity contribution in [2.45, 2.75) is 34.1 Å². The van der Waals surface area contributed by atoms with Crippen molar-refractivity contribution >= 4 is 33.3 Å². The van der Waals surface area contributed by atoms with E-state index in [0.29, 0.717) is 0 Å². The van der Waals surface area contributed by atoms with Crippen molar-refractivity contribution in [3.8, 4) is 0 Å². The summed E-state index contributed by atoms with van der Waals surface area (Å²) in [6, 6.07) is 2.01. The van der Waals surface area contributed by atoms with E-state index in [4.69, 9.17) is 10.2 Å². The fourth-order valence-electron chi connectivity index (χ4n) is 2.33. The van der Waals surface area contributed by atoms with Crippen LogP contribution in [-0.2, 0) is 11.2 Å². The van der Waals surface area contributed by atoms with Gasteiger partial charge in [-0.1, -0.05) is 20.8 Å². The lowest BCUT2D eigenvalue weighted by molar-refractivity contribution is -0.127. The number of anilines is 1. The number of rotatable bonds is 4. The summed E-state index contributed by atoms with van der Waals surface area (Å²) in [5.41, 5.74) is 4.50. The number of hydrogen-bond acceptors (Lipinski definition) is 4. The van der Waals surface area contributed by atoms with E-state index >= 15 is 0 Å². The van der Waals surface area contributed by atoms with Gasteiger partial charge in [0.05, 0.1) is 12.2 Å². The molecule has 0 aliphatic carbocycles. The topological polar surface area (TPSA) is 78.7 Å². The van der Waals surface area contributed by atoms with Gasteiger partial charge < -0.3 is 5.32 Å². The van der Waals surface area contributed by atoms with Crippen molar-refractivity contribution in [1.29, 1.82) is 0 Å². The first kappa shape index (κ1) is 16.8. The molecule has 2 rings (SSSR count). The van der Waals surface area contributed by atoms with E-state index in [0.717, 1.165) is 33.6 Å². The SMILES string of the molecule is Cc1cc(Br)cn2c(NCC(=O)NO)c(CC(C)(C)C)nc12. The Morgan fingerprint density at radius 3 is 2.73 bits per heavy atom. The van der Waals surface area contributed by atoms with Gasteiger partial charge in [-0.3, -0.25) is 14.4 Å².